The summed E-state index contributed by atoms with van der Waals surface area (Å²) in [6.07, 6.45) is -0.495. The fourth-order valence-corrected chi connectivity index (χ4v) is 0.727. The molecule has 0 aromatic heterocycles. The highest BCUT2D eigenvalue weighted by Gasteiger charge is 2.02. The molecule has 0 aromatic carbocycles. The SMILES string of the molecule is C=C(C)COCCNC(=O)OC(C)C. The first kappa shape index (κ1) is 13.0. The van der Waals surface area contributed by atoms with Crippen molar-refractivity contribution in [1.29, 1.82) is 0 Å². The molecule has 14 heavy (non-hydrogen) atoms. The fourth-order valence-electron chi connectivity index (χ4n) is 0.727. The van der Waals surface area contributed by atoms with Crippen molar-refractivity contribution >= 4 is 6.09 Å². The molecule has 0 unspecified atom stereocenters. The van der Waals surface area contributed by atoms with E-state index in [1.165, 1.54) is 0 Å². The van der Waals surface area contributed by atoms with Gasteiger partial charge in [-0.2, -0.15) is 0 Å². The monoisotopic (exact) mass is 201 g/mol. The minimum Gasteiger partial charge on any atom is -0.447 e. The summed E-state index contributed by atoms with van der Waals surface area (Å²) in [6, 6.07) is 0. The summed E-state index contributed by atoms with van der Waals surface area (Å²) in [5.41, 5.74) is 0.967. The summed E-state index contributed by atoms with van der Waals surface area (Å²) in [5, 5.41) is 2.57. The molecule has 0 bridgehead atoms. The van der Waals surface area contributed by atoms with Gasteiger partial charge in [0.1, 0.15) is 0 Å². The Bertz CT molecular complexity index is 190. The number of rotatable bonds is 6. The van der Waals surface area contributed by atoms with Crippen molar-refractivity contribution in [1.82, 2.24) is 5.32 Å². The molecule has 4 nitrogen and oxygen atoms in total. The van der Waals surface area contributed by atoms with Crippen LogP contribution in [0.5, 0.6) is 0 Å². The number of hydrogen-bond donors (Lipinski definition) is 1. The van der Waals surface area contributed by atoms with Crippen molar-refractivity contribution in [3.05, 3.63) is 12.2 Å². The maximum absolute atomic E-state index is 10.9. The first-order valence-electron chi connectivity index (χ1n) is 4.69. The van der Waals surface area contributed by atoms with Gasteiger partial charge in [0.2, 0.25) is 0 Å². The van der Waals surface area contributed by atoms with Crippen LogP contribution in [0.25, 0.3) is 0 Å². The smallest absolute Gasteiger partial charge is 0.407 e. The Morgan fingerprint density at radius 1 is 1.50 bits per heavy atom. The van der Waals surface area contributed by atoms with Gasteiger partial charge in [0.25, 0.3) is 0 Å². The van der Waals surface area contributed by atoms with Crippen molar-refractivity contribution < 1.29 is 14.3 Å². The number of carbonyl (C=O) groups excluding carboxylic acids is 1. The first-order valence-corrected chi connectivity index (χ1v) is 4.69. The van der Waals surface area contributed by atoms with Gasteiger partial charge < -0.3 is 14.8 Å². The van der Waals surface area contributed by atoms with Gasteiger partial charge in [0.05, 0.1) is 19.3 Å². The molecular formula is C10H19NO3. The Kier molecular flexibility index (Phi) is 6.84. The van der Waals surface area contributed by atoms with E-state index in [9.17, 15) is 4.79 Å². The topological polar surface area (TPSA) is 47.6 Å². The second-order valence-electron chi connectivity index (χ2n) is 3.39. The Labute approximate surface area is 85.3 Å². The first-order chi connectivity index (χ1) is 6.52. The van der Waals surface area contributed by atoms with Crippen LogP contribution in [0.2, 0.25) is 0 Å². The molecule has 0 radical (unpaired) electrons. The standard InChI is InChI=1S/C10H19NO3/c1-8(2)7-13-6-5-11-10(12)14-9(3)4/h9H,1,5-7H2,2-4H3,(H,11,12). The summed E-state index contributed by atoms with van der Waals surface area (Å²) < 4.78 is 10.0. The van der Waals surface area contributed by atoms with E-state index in [1.807, 2.05) is 6.92 Å². The van der Waals surface area contributed by atoms with Gasteiger partial charge in [-0.05, 0) is 20.8 Å². The van der Waals surface area contributed by atoms with Crippen LogP contribution in [-0.2, 0) is 9.47 Å². The Hall–Kier alpha value is -1.03. The summed E-state index contributed by atoms with van der Waals surface area (Å²) in [6.45, 7) is 10.6. The van der Waals surface area contributed by atoms with Crippen LogP contribution in [0.4, 0.5) is 4.79 Å². The number of alkyl carbamates (subject to hydrolysis) is 1. The maximum atomic E-state index is 10.9. The van der Waals surface area contributed by atoms with Crippen LogP contribution in [0.1, 0.15) is 20.8 Å². The molecule has 0 atom stereocenters. The van der Waals surface area contributed by atoms with E-state index in [0.717, 1.165) is 5.57 Å². The zero-order chi connectivity index (χ0) is 11.0. The highest BCUT2D eigenvalue weighted by Crippen LogP contribution is 1.89. The average molecular weight is 201 g/mol. The van der Waals surface area contributed by atoms with Gasteiger partial charge in [-0.25, -0.2) is 4.79 Å². The van der Waals surface area contributed by atoms with Gasteiger partial charge in [0.15, 0.2) is 0 Å². The summed E-state index contributed by atoms with van der Waals surface area (Å²) in [4.78, 5) is 10.9. The van der Waals surface area contributed by atoms with Gasteiger partial charge >= 0.3 is 6.09 Å². The molecule has 0 saturated carbocycles. The Morgan fingerprint density at radius 3 is 2.64 bits per heavy atom. The van der Waals surface area contributed by atoms with E-state index in [4.69, 9.17) is 9.47 Å². The third-order valence-electron chi connectivity index (χ3n) is 1.21. The van der Waals surface area contributed by atoms with E-state index in [0.29, 0.717) is 19.8 Å². The van der Waals surface area contributed by atoms with E-state index >= 15 is 0 Å². The highest BCUT2D eigenvalue weighted by atomic mass is 16.6. The lowest BCUT2D eigenvalue weighted by molar-refractivity contribution is 0.108. The third-order valence-corrected chi connectivity index (χ3v) is 1.21. The van der Waals surface area contributed by atoms with Crippen molar-refractivity contribution in [2.24, 2.45) is 0 Å². The van der Waals surface area contributed by atoms with Crippen LogP contribution in [0.15, 0.2) is 12.2 Å². The van der Waals surface area contributed by atoms with Crippen LogP contribution < -0.4 is 5.32 Å². The normalized spacial score (nSPS) is 10.0. The molecule has 0 aromatic rings. The minimum atomic E-state index is -0.404. The van der Waals surface area contributed by atoms with Gasteiger partial charge in [-0.1, -0.05) is 12.2 Å². The van der Waals surface area contributed by atoms with Crippen molar-refractivity contribution in [2.75, 3.05) is 19.8 Å². The summed E-state index contributed by atoms with van der Waals surface area (Å²) >= 11 is 0. The molecule has 0 aliphatic carbocycles. The summed E-state index contributed by atoms with van der Waals surface area (Å²) in [5.74, 6) is 0. The highest BCUT2D eigenvalue weighted by molar-refractivity contribution is 5.67. The van der Waals surface area contributed by atoms with Crippen LogP contribution >= 0.6 is 0 Å². The average Bonchev–Trinajstić information content (AvgIpc) is 2.01. The second-order valence-corrected chi connectivity index (χ2v) is 3.39. The summed E-state index contributed by atoms with van der Waals surface area (Å²) in [7, 11) is 0. The zero-order valence-corrected chi connectivity index (χ0v) is 9.13. The molecule has 0 spiro atoms. The molecule has 0 rings (SSSR count). The fraction of sp³-hybridized carbons (Fsp3) is 0.700. The maximum Gasteiger partial charge on any atom is 0.407 e. The predicted molar refractivity (Wildman–Crippen MR) is 55.3 cm³/mol. The molecule has 0 saturated heterocycles. The van der Waals surface area contributed by atoms with Crippen molar-refractivity contribution in [3.63, 3.8) is 0 Å². The Balaban J connectivity index is 3.27. The lowest BCUT2D eigenvalue weighted by Gasteiger charge is -2.09. The van der Waals surface area contributed by atoms with Gasteiger partial charge in [0, 0.05) is 6.54 Å². The predicted octanol–water partition coefficient (Wildman–Crippen LogP) is 1.71. The number of carbonyl (C=O) groups is 1. The lowest BCUT2D eigenvalue weighted by Crippen LogP contribution is -2.29. The molecule has 0 fully saturated rings. The van der Waals surface area contributed by atoms with Crippen LogP contribution in [0.3, 0.4) is 0 Å². The molecule has 4 heteroatoms. The molecule has 82 valence electrons. The van der Waals surface area contributed by atoms with Gasteiger partial charge in [-0.15, -0.1) is 0 Å². The number of amides is 1. The van der Waals surface area contributed by atoms with Crippen LogP contribution in [0, 0.1) is 0 Å². The van der Waals surface area contributed by atoms with E-state index in [1.54, 1.807) is 13.8 Å². The lowest BCUT2D eigenvalue weighted by atomic mass is 10.4. The van der Waals surface area contributed by atoms with Crippen molar-refractivity contribution in [3.8, 4) is 0 Å². The number of ether oxygens (including phenoxy) is 2. The van der Waals surface area contributed by atoms with E-state index in [-0.39, 0.29) is 6.10 Å². The third kappa shape index (κ3) is 9.06. The van der Waals surface area contributed by atoms with Crippen molar-refractivity contribution in [2.45, 2.75) is 26.9 Å². The molecule has 0 aliphatic rings. The molecular weight excluding hydrogens is 182 g/mol. The van der Waals surface area contributed by atoms with E-state index in [2.05, 4.69) is 11.9 Å². The Morgan fingerprint density at radius 2 is 2.14 bits per heavy atom. The second kappa shape index (κ2) is 7.38. The molecule has 1 N–H and O–H groups in total. The van der Waals surface area contributed by atoms with Gasteiger partial charge in [-0.3, -0.25) is 0 Å². The van der Waals surface area contributed by atoms with Crippen LogP contribution in [-0.4, -0.2) is 32.0 Å². The zero-order valence-electron chi connectivity index (χ0n) is 9.13. The largest absolute Gasteiger partial charge is 0.447 e. The molecule has 0 heterocycles. The minimum absolute atomic E-state index is 0.0914. The number of hydrogen-bond acceptors (Lipinski definition) is 3. The molecule has 1 amide bonds. The number of nitrogens with one attached hydrogen (secondary N) is 1. The van der Waals surface area contributed by atoms with E-state index < -0.39 is 6.09 Å². The molecule has 0 aliphatic heterocycles. The quantitative estimate of drug-likeness (QED) is 0.525.